The summed E-state index contributed by atoms with van der Waals surface area (Å²) in [5.74, 6) is 1.44. The predicted octanol–water partition coefficient (Wildman–Crippen LogP) is 2.48. The summed E-state index contributed by atoms with van der Waals surface area (Å²) in [6.45, 7) is 1.82. The number of hydrogen-bond donors (Lipinski definition) is 2. The molecule has 0 saturated carbocycles. The van der Waals surface area contributed by atoms with Crippen molar-refractivity contribution in [3.8, 4) is 17.1 Å². The number of rotatable bonds is 2. The van der Waals surface area contributed by atoms with Gasteiger partial charge in [-0.2, -0.15) is 5.10 Å². The van der Waals surface area contributed by atoms with Gasteiger partial charge in [-0.05, 0) is 31.2 Å². The number of aromatic amines is 1. The van der Waals surface area contributed by atoms with E-state index < -0.39 is 0 Å². The van der Waals surface area contributed by atoms with Crippen LogP contribution in [-0.4, -0.2) is 20.3 Å². The molecular weight excluding hydrogens is 214 g/mol. The zero-order valence-electron chi connectivity index (χ0n) is 8.11. The van der Waals surface area contributed by atoms with Gasteiger partial charge in [0.15, 0.2) is 5.82 Å². The fraction of sp³-hybridized carbons (Fsp3) is 0.200. The molecule has 0 radical (unpaired) electrons. The summed E-state index contributed by atoms with van der Waals surface area (Å²) in [6.07, 6.45) is 0. The first-order chi connectivity index (χ1) is 7.16. The van der Waals surface area contributed by atoms with Crippen molar-refractivity contribution < 1.29 is 5.11 Å². The summed E-state index contributed by atoms with van der Waals surface area (Å²) in [4.78, 5) is 4.23. The summed E-state index contributed by atoms with van der Waals surface area (Å²) >= 11 is 5.86. The maximum atomic E-state index is 9.13. The van der Waals surface area contributed by atoms with Crippen LogP contribution in [0.4, 0.5) is 0 Å². The third kappa shape index (κ3) is 2.10. The van der Waals surface area contributed by atoms with Gasteiger partial charge in [-0.1, -0.05) is 0 Å². The second-order valence-electron chi connectivity index (χ2n) is 3.21. The molecule has 0 aliphatic carbocycles. The van der Waals surface area contributed by atoms with Crippen LogP contribution in [0.1, 0.15) is 18.1 Å². The van der Waals surface area contributed by atoms with Gasteiger partial charge < -0.3 is 5.11 Å². The monoisotopic (exact) mass is 223 g/mol. The highest BCUT2D eigenvalue weighted by Crippen LogP contribution is 2.21. The predicted molar refractivity (Wildman–Crippen MR) is 57.8 cm³/mol. The number of nitrogens with zero attached hydrogens (tertiary/aromatic N) is 2. The summed E-state index contributed by atoms with van der Waals surface area (Å²) in [7, 11) is 0. The first-order valence-corrected chi connectivity index (χ1v) is 4.96. The van der Waals surface area contributed by atoms with E-state index in [1.165, 1.54) is 0 Å². The molecule has 0 bridgehead atoms. The van der Waals surface area contributed by atoms with Crippen LogP contribution in [0.25, 0.3) is 11.4 Å². The smallest absolute Gasteiger partial charge is 0.181 e. The lowest BCUT2D eigenvalue weighted by atomic mass is 10.2. The quantitative estimate of drug-likeness (QED) is 0.769. The molecule has 4 nitrogen and oxygen atoms in total. The number of aromatic hydroxyl groups is 1. The number of aromatic nitrogens is 3. The van der Waals surface area contributed by atoms with Crippen LogP contribution in [0.2, 0.25) is 0 Å². The van der Waals surface area contributed by atoms with Crippen LogP contribution in [0.3, 0.4) is 0 Å². The van der Waals surface area contributed by atoms with Gasteiger partial charge in [-0.3, -0.25) is 5.10 Å². The average Bonchev–Trinajstić information content (AvgIpc) is 2.68. The summed E-state index contributed by atoms with van der Waals surface area (Å²) in [5.41, 5.74) is 0.840. The first-order valence-electron chi connectivity index (χ1n) is 4.52. The minimum atomic E-state index is -0.191. The van der Waals surface area contributed by atoms with Crippen LogP contribution in [0.5, 0.6) is 5.75 Å². The molecule has 0 fully saturated rings. The Hall–Kier alpha value is -1.55. The molecule has 0 aliphatic rings. The number of hydrogen-bond acceptors (Lipinski definition) is 3. The molecule has 15 heavy (non-hydrogen) atoms. The van der Waals surface area contributed by atoms with Gasteiger partial charge in [-0.15, -0.1) is 11.6 Å². The highest BCUT2D eigenvalue weighted by molar-refractivity contribution is 6.20. The normalized spacial score (nSPS) is 12.7. The molecular formula is C10H10ClN3O. The van der Waals surface area contributed by atoms with Gasteiger partial charge in [0.05, 0.1) is 5.38 Å². The number of benzene rings is 1. The Balaban J connectivity index is 2.33. The lowest BCUT2D eigenvalue weighted by molar-refractivity contribution is 0.475. The first kappa shape index (κ1) is 9.98. The maximum Gasteiger partial charge on any atom is 0.181 e. The molecule has 1 aromatic heterocycles. The molecule has 1 aromatic carbocycles. The second kappa shape index (κ2) is 3.90. The zero-order valence-corrected chi connectivity index (χ0v) is 8.86. The zero-order chi connectivity index (χ0) is 10.8. The van der Waals surface area contributed by atoms with Gasteiger partial charge in [0.25, 0.3) is 0 Å². The molecule has 2 N–H and O–H groups in total. The van der Waals surface area contributed by atoms with Crippen molar-refractivity contribution in [3.63, 3.8) is 0 Å². The van der Waals surface area contributed by atoms with Gasteiger partial charge >= 0.3 is 0 Å². The van der Waals surface area contributed by atoms with E-state index >= 15 is 0 Å². The molecule has 0 spiro atoms. The van der Waals surface area contributed by atoms with Crippen molar-refractivity contribution in [1.29, 1.82) is 0 Å². The minimum absolute atomic E-state index is 0.191. The lowest BCUT2D eigenvalue weighted by Crippen LogP contribution is -1.86. The van der Waals surface area contributed by atoms with Crippen molar-refractivity contribution in [3.05, 3.63) is 30.1 Å². The standard InChI is InChI=1S/C10H10ClN3O/c1-6(11)9-12-10(14-13-9)7-2-4-8(15)5-3-7/h2-6,15H,1H3,(H,12,13,14). The molecule has 0 aliphatic heterocycles. The highest BCUT2D eigenvalue weighted by atomic mass is 35.5. The number of phenolic OH excluding ortho intramolecular Hbond substituents is 1. The van der Waals surface area contributed by atoms with Crippen molar-refractivity contribution in [1.82, 2.24) is 15.2 Å². The van der Waals surface area contributed by atoms with Crippen LogP contribution >= 0.6 is 11.6 Å². The Labute approximate surface area is 91.9 Å². The number of nitrogens with one attached hydrogen (secondary N) is 1. The maximum absolute atomic E-state index is 9.13. The molecule has 1 heterocycles. The Bertz CT molecular complexity index is 450. The Morgan fingerprint density at radius 1 is 1.33 bits per heavy atom. The molecule has 1 unspecified atom stereocenters. The van der Waals surface area contributed by atoms with E-state index in [0.29, 0.717) is 11.6 Å². The Morgan fingerprint density at radius 2 is 2.00 bits per heavy atom. The van der Waals surface area contributed by atoms with E-state index in [1.807, 2.05) is 6.92 Å². The summed E-state index contributed by atoms with van der Waals surface area (Å²) in [5, 5.41) is 15.7. The molecule has 1 atom stereocenters. The number of alkyl halides is 1. The van der Waals surface area contributed by atoms with Crippen LogP contribution in [0, 0.1) is 0 Å². The van der Waals surface area contributed by atoms with E-state index in [1.54, 1.807) is 24.3 Å². The molecule has 78 valence electrons. The van der Waals surface area contributed by atoms with Crippen LogP contribution in [-0.2, 0) is 0 Å². The largest absolute Gasteiger partial charge is 0.508 e. The molecule has 5 heteroatoms. The summed E-state index contributed by atoms with van der Waals surface area (Å²) in [6, 6.07) is 6.69. The third-order valence-corrected chi connectivity index (χ3v) is 2.21. The fourth-order valence-electron chi connectivity index (χ4n) is 1.19. The van der Waals surface area contributed by atoms with Crippen molar-refractivity contribution in [2.24, 2.45) is 0 Å². The van der Waals surface area contributed by atoms with Crippen LogP contribution < -0.4 is 0 Å². The average molecular weight is 224 g/mol. The van der Waals surface area contributed by atoms with E-state index in [2.05, 4.69) is 15.2 Å². The SMILES string of the molecule is CC(Cl)c1nc(-c2ccc(O)cc2)n[nH]1. The van der Waals surface area contributed by atoms with Crippen LogP contribution in [0.15, 0.2) is 24.3 Å². The lowest BCUT2D eigenvalue weighted by Gasteiger charge is -1.95. The van der Waals surface area contributed by atoms with E-state index in [-0.39, 0.29) is 11.1 Å². The number of halogens is 1. The third-order valence-electron chi connectivity index (χ3n) is 2.00. The van der Waals surface area contributed by atoms with E-state index in [9.17, 15) is 0 Å². The van der Waals surface area contributed by atoms with Gasteiger partial charge in [0.2, 0.25) is 0 Å². The summed E-state index contributed by atoms with van der Waals surface area (Å²) < 4.78 is 0. The minimum Gasteiger partial charge on any atom is -0.508 e. The molecule has 2 aromatic rings. The van der Waals surface area contributed by atoms with Crippen molar-refractivity contribution in [2.75, 3.05) is 0 Å². The van der Waals surface area contributed by atoms with Gasteiger partial charge in [0, 0.05) is 5.56 Å². The Kier molecular flexibility index (Phi) is 2.60. The van der Waals surface area contributed by atoms with Crippen molar-refractivity contribution >= 4 is 11.6 Å². The van der Waals surface area contributed by atoms with E-state index in [4.69, 9.17) is 16.7 Å². The number of H-pyrrole nitrogens is 1. The number of phenols is 1. The molecule has 0 amide bonds. The Morgan fingerprint density at radius 3 is 2.53 bits per heavy atom. The topological polar surface area (TPSA) is 61.8 Å². The molecule has 0 saturated heterocycles. The fourth-order valence-corrected chi connectivity index (χ4v) is 1.29. The van der Waals surface area contributed by atoms with Gasteiger partial charge in [-0.25, -0.2) is 4.98 Å². The second-order valence-corrected chi connectivity index (χ2v) is 3.86. The van der Waals surface area contributed by atoms with Gasteiger partial charge in [0.1, 0.15) is 11.6 Å². The highest BCUT2D eigenvalue weighted by Gasteiger charge is 2.09. The molecule has 2 rings (SSSR count). The van der Waals surface area contributed by atoms with E-state index in [0.717, 1.165) is 5.56 Å². The van der Waals surface area contributed by atoms with Crippen molar-refractivity contribution in [2.45, 2.75) is 12.3 Å².